The Hall–Kier alpha value is -4.62. The number of benzene rings is 5. The number of hydrogen-bond donors (Lipinski definition) is 5. The second kappa shape index (κ2) is 13.2. The summed E-state index contributed by atoms with van der Waals surface area (Å²) in [6.07, 6.45) is 2.41. The van der Waals surface area contributed by atoms with Gasteiger partial charge in [-0.1, -0.05) is 11.6 Å². The number of methoxy groups -OCH3 is 3. The number of hydrogen-bond acceptors (Lipinski definition) is 12. The minimum atomic E-state index is -0.431. The number of fused-ring (bicyclic) bond motifs is 1. The Labute approximate surface area is 269 Å². The van der Waals surface area contributed by atoms with Crippen LogP contribution in [0.1, 0.15) is 18.1 Å². The average molecular weight is 647 g/mol. The molecule has 1 aliphatic rings. The SMILES string of the molecule is COc1c(NCCOCCO)c2c(=O)cc(OC)c3c4c(OC)cc(=O)c5c(O)c(NCCOCCO)c6c(c(c1CC(C)=C6)c23)c54. The Balaban J connectivity index is 1.84. The summed E-state index contributed by atoms with van der Waals surface area (Å²) in [6, 6.07) is 2.76. The number of aliphatic hydroxyl groups excluding tert-OH is 2. The molecule has 0 amide bonds. The van der Waals surface area contributed by atoms with Crippen LogP contribution in [0.3, 0.4) is 0 Å². The third-order valence-corrected chi connectivity index (χ3v) is 8.63. The fourth-order valence-corrected chi connectivity index (χ4v) is 6.94. The minimum Gasteiger partial charge on any atom is -0.505 e. The zero-order valence-corrected chi connectivity index (χ0v) is 26.8. The summed E-state index contributed by atoms with van der Waals surface area (Å²) in [5, 5.41) is 40.8. The highest BCUT2D eigenvalue weighted by molar-refractivity contribution is 6.40. The summed E-state index contributed by atoms with van der Waals surface area (Å²) in [5.41, 5.74) is 2.50. The van der Waals surface area contributed by atoms with Crippen molar-refractivity contribution in [3.8, 4) is 23.0 Å². The van der Waals surface area contributed by atoms with Crippen LogP contribution >= 0.6 is 0 Å². The molecule has 0 spiro atoms. The number of rotatable bonds is 15. The van der Waals surface area contributed by atoms with Crippen molar-refractivity contribution in [2.45, 2.75) is 13.3 Å². The molecule has 0 radical (unpaired) electrons. The fraction of sp³-hybridized carbons (Fsp3) is 0.371. The van der Waals surface area contributed by atoms with E-state index in [2.05, 4.69) is 10.6 Å². The van der Waals surface area contributed by atoms with Gasteiger partial charge in [-0.15, -0.1) is 0 Å². The number of nitrogens with one attached hydrogen (secondary N) is 2. The van der Waals surface area contributed by atoms with E-state index < -0.39 is 5.43 Å². The Morgan fingerprint density at radius 3 is 1.79 bits per heavy atom. The van der Waals surface area contributed by atoms with E-state index in [-0.39, 0.29) is 68.5 Å². The van der Waals surface area contributed by atoms with E-state index in [1.54, 1.807) is 7.11 Å². The van der Waals surface area contributed by atoms with Gasteiger partial charge in [-0.25, -0.2) is 0 Å². The minimum absolute atomic E-state index is 0.103. The van der Waals surface area contributed by atoms with E-state index in [1.807, 2.05) is 13.0 Å². The Morgan fingerprint density at radius 1 is 0.681 bits per heavy atom. The second-order valence-corrected chi connectivity index (χ2v) is 11.4. The first kappa shape index (κ1) is 32.3. The molecule has 0 saturated heterocycles. The molecule has 5 N–H and O–H groups in total. The molecule has 0 fully saturated rings. The summed E-state index contributed by atoms with van der Waals surface area (Å²) in [6.45, 7) is 3.26. The highest BCUT2D eigenvalue weighted by Crippen LogP contribution is 2.56. The van der Waals surface area contributed by atoms with Crippen molar-refractivity contribution in [3.63, 3.8) is 0 Å². The summed E-state index contributed by atoms with van der Waals surface area (Å²) >= 11 is 0. The first-order chi connectivity index (χ1) is 22.8. The largest absolute Gasteiger partial charge is 0.505 e. The molecule has 6 rings (SSSR count). The van der Waals surface area contributed by atoms with Crippen LogP contribution in [0.15, 0.2) is 27.3 Å². The summed E-state index contributed by atoms with van der Waals surface area (Å²) in [7, 11) is 4.51. The van der Waals surface area contributed by atoms with Crippen LogP contribution in [0.25, 0.3) is 49.2 Å². The van der Waals surface area contributed by atoms with Crippen LogP contribution < -0.4 is 35.7 Å². The van der Waals surface area contributed by atoms with Crippen LogP contribution in [-0.2, 0) is 15.9 Å². The molecular weight excluding hydrogens is 608 g/mol. The van der Waals surface area contributed by atoms with Crippen LogP contribution in [0, 0.1) is 0 Å². The van der Waals surface area contributed by atoms with Gasteiger partial charge in [0, 0.05) is 63.3 Å². The molecule has 0 bridgehead atoms. The maximum Gasteiger partial charge on any atom is 0.194 e. The predicted octanol–water partition coefficient (Wildman–Crippen LogP) is 3.43. The maximum absolute atomic E-state index is 14.1. The number of aliphatic hydroxyl groups is 2. The van der Waals surface area contributed by atoms with Gasteiger partial charge in [0.1, 0.15) is 17.2 Å². The van der Waals surface area contributed by atoms with Gasteiger partial charge >= 0.3 is 0 Å². The monoisotopic (exact) mass is 646 g/mol. The van der Waals surface area contributed by atoms with Crippen molar-refractivity contribution in [1.29, 1.82) is 0 Å². The van der Waals surface area contributed by atoms with Gasteiger partial charge in [0.2, 0.25) is 0 Å². The lowest BCUT2D eigenvalue weighted by Gasteiger charge is -2.25. The van der Waals surface area contributed by atoms with Crippen LogP contribution in [-0.4, -0.2) is 89.4 Å². The van der Waals surface area contributed by atoms with Crippen molar-refractivity contribution in [1.82, 2.24) is 0 Å². The van der Waals surface area contributed by atoms with E-state index in [4.69, 9.17) is 33.9 Å². The molecular formula is C35H38N2O10. The smallest absolute Gasteiger partial charge is 0.194 e. The number of ether oxygens (including phenoxy) is 5. The van der Waals surface area contributed by atoms with Crippen molar-refractivity contribution in [2.75, 3.05) is 84.7 Å². The number of allylic oxidation sites excluding steroid dienone is 1. The lowest BCUT2D eigenvalue weighted by Crippen LogP contribution is -2.16. The Morgan fingerprint density at radius 2 is 1.23 bits per heavy atom. The third-order valence-electron chi connectivity index (χ3n) is 8.63. The van der Waals surface area contributed by atoms with E-state index in [0.29, 0.717) is 79.1 Å². The van der Waals surface area contributed by atoms with E-state index >= 15 is 0 Å². The number of anilines is 2. The van der Waals surface area contributed by atoms with Gasteiger partial charge in [0.15, 0.2) is 16.6 Å². The second-order valence-electron chi connectivity index (χ2n) is 11.4. The molecule has 5 aromatic rings. The molecule has 0 unspecified atom stereocenters. The molecule has 5 aromatic carbocycles. The van der Waals surface area contributed by atoms with Crippen molar-refractivity contribution < 1.29 is 39.0 Å². The van der Waals surface area contributed by atoms with Gasteiger partial charge in [-0.2, -0.15) is 0 Å². The summed E-state index contributed by atoms with van der Waals surface area (Å²) in [5.74, 6) is 0.842. The zero-order chi connectivity index (χ0) is 33.4. The highest BCUT2D eigenvalue weighted by Gasteiger charge is 2.33. The van der Waals surface area contributed by atoms with Gasteiger partial charge in [-0.3, -0.25) is 9.59 Å². The molecule has 12 heteroatoms. The van der Waals surface area contributed by atoms with Gasteiger partial charge < -0.3 is 49.6 Å². The third kappa shape index (κ3) is 5.17. The molecule has 12 nitrogen and oxygen atoms in total. The molecule has 47 heavy (non-hydrogen) atoms. The average Bonchev–Trinajstić information content (AvgIpc) is 3.21. The quantitative estimate of drug-likeness (QED) is 0.0488. The van der Waals surface area contributed by atoms with Crippen molar-refractivity contribution in [3.05, 3.63) is 49.3 Å². The Bertz CT molecular complexity index is 2130. The van der Waals surface area contributed by atoms with E-state index in [9.17, 15) is 14.7 Å². The number of aromatic hydroxyl groups is 1. The molecule has 248 valence electrons. The molecule has 0 heterocycles. The first-order valence-electron chi connectivity index (χ1n) is 15.4. The normalized spacial score (nSPS) is 12.8. The molecule has 1 aliphatic carbocycles. The van der Waals surface area contributed by atoms with Gasteiger partial charge in [-0.05, 0) is 18.7 Å². The highest BCUT2D eigenvalue weighted by atomic mass is 16.5. The van der Waals surface area contributed by atoms with Crippen molar-refractivity contribution in [2.24, 2.45) is 0 Å². The number of phenolic OH excluding ortho intramolecular Hbond substituents is 1. The fourth-order valence-electron chi connectivity index (χ4n) is 6.94. The standard InChI is InChI=1S/C35H38N2O10/c1-17-13-18-24-25-19(14-17)35(45-4)33(37-6-10-47-12-8-39)26-20(40)15-22(43-2)28(30(25)26)29-23(44-3)16-21(41)27(31(24)29)34(42)32(18)36-5-9-46-11-7-38/h13,15-16,36-39,42H,5-12,14H2,1-4H3. The van der Waals surface area contributed by atoms with Crippen molar-refractivity contribution >= 4 is 60.5 Å². The summed E-state index contributed by atoms with van der Waals surface area (Å²) < 4.78 is 28.7. The molecule has 0 saturated carbocycles. The van der Waals surface area contributed by atoms with Crippen LogP contribution in [0.5, 0.6) is 23.0 Å². The van der Waals surface area contributed by atoms with Gasteiger partial charge in [0.05, 0.1) is 83.1 Å². The lowest BCUT2D eigenvalue weighted by atomic mass is 9.83. The van der Waals surface area contributed by atoms with E-state index in [0.717, 1.165) is 11.1 Å². The predicted molar refractivity (Wildman–Crippen MR) is 183 cm³/mol. The number of phenols is 1. The topological polar surface area (TPSA) is 165 Å². The molecule has 0 aliphatic heterocycles. The van der Waals surface area contributed by atoms with Crippen LogP contribution in [0.4, 0.5) is 11.4 Å². The van der Waals surface area contributed by atoms with Crippen LogP contribution in [0.2, 0.25) is 0 Å². The zero-order valence-electron chi connectivity index (χ0n) is 26.8. The Kier molecular flexibility index (Phi) is 9.11. The lowest BCUT2D eigenvalue weighted by molar-refractivity contribution is 0.0992. The molecule has 0 atom stereocenters. The first-order valence-corrected chi connectivity index (χ1v) is 15.4. The maximum atomic E-state index is 14.1. The molecule has 0 aromatic heterocycles. The summed E-state index contributed by atoms with van der Waals surface area (Å²) in [4.78, 5) is 27.9. The van der Waals surface area contributed by atoms with Gasteiger partial charge in [0.25, 0.3) is 0 Å². The van der Waals surface area contributed by atoms with E-state index in [1.165, 1.54) is 26.4 Å².